The SMILES string of the molecule is COCC(=O)N1CCN(C(=O)c2cnn(C)c2-n2cccc2)CC1. The standard InChI is InChI=1S/C16H21N5O3/c1-18-15(20-5-3-4-6-20)13(11-17-18)16(23)21-9-7-19(8-10-21)14(22)12-24-2/h3-6,11H,7-10,12H2,1-2H3. The van der Waals surface area contributed by atoms with Crippen molar-refractivity contribution in [2.24, 2.45) is 7.05 Å². The predicted molar refractivity (Wildman–Crippen MR) is 86.9 cm³/mol. The van der Waals surface area contributed by atoms with Gasteiger partial charge in [0.1, 0.15) is 18.0 Å². The molecule has 0 N–H and O–H groups in total. The summed E-state index contributed by atoms with van der Waals surface area (Å²) in [6.45, 7) is 2.14. The van der Waals surface area contributed by atoms with Gasteiger partial charge in [0, 0.05) is 52.7 Å². The van der Waals surface area contributed by atoms with E-state index in [0.717, 1.165) is 5.82 Å². The van der Waals surface area contributed by atoms with Crippen molar-refractivity contribution >= 4 is 11.8 Å². The van der Waals surface area contributed by atoms with E-state index in [4.69, 9.17) is 4.74 Å². The van der Waals surface area contributed by atoms with Crippen molar-refractivity contribution in [3.05, 3.63) is 36.3 Å². The number of methoxy groups -OCH3 is 1. The summed E-state index contributed by atoms with van der Waals surface area (Å²) in [5.74, 6) is 0.632. The molecule has 3 heterocycles. The van der Waals surface area contributed by atoms with Crippen LogP contribution in [-0.2, 0) is 16.6 Å². The Hall–Kier alpha value is -2.61. The van der Waals surface area contributed by atoms with Gasteiger partial charge in [-0.3, -0.25) is 14.3 Å². The number of piperazine rings is 1. The number of amides is 2. The highest BCUT2D eigenvalue weighted by molar-refractivity contribution is 5.97. The molecule has 2 aromatic rings. The molecule has 2 aromatic heterocycles. The third-order valence-electron chi connectivity index (χ3n) is 4.17. The Kier molecular flexibility index (Phi) is 4.66. The Bertz CT molecular complexity index is 714. The normalized spacial score (nSPS) is 14.9. The molecule has 0 saturated carbocycles. The third-order valence-corrected chi connectivity index (χ3v) is 4.17. The van der Waals surface area contributed by atoms with E-state index in [9.17, 15) is 9.59 Å². The Morgan fingerprint density at radius 1 is 1.12 bits per heavy atom. The minimum atomic E-state index is -0.0642. The summed E-state index contributed by atoms with van der Waals surface area (Å²) in [7, 11) is 3.32. The number of nitrogens with zero attached hydrogens (tertiary/aromatic N) is 5. The molecule has 3 rings (SSSR count). The summed E-state index contributed by atoms with van der Waals surface area (Å²) in [4.78, 5) is 28.2. The smallest absolute Gasteiger partial charge is 0.259 e. The summed E-state index contributed by atoms with van der Waals surface area (Å²) in [6, 6.07) is 3.81. The second-order valence-corrected chi connectivity index (χ2v) is 5.70. The first kappa shape index (κ1) is 16.3. The number of rotatable bonds is 4. The van der Waals surface area contributed by atoms with Crippen LogP contribution in [0.25, 0.3) is 5.82 Å². The molecule has 0 atom stereocenters. The predicted octanol–water partition coefficient (Wildman–Crippen LogP) is 0.142. The van der Waals surface area contributed by atoms with Crippen LogP contribution >= 0.6 is 0 Å². The molecular formula is C16H21N5O3. The fourth-order valence-electron chi connectivity index (χ4n) is 2.91. The van der Waals surface area contributed by atoms with Crippen LogP contribution in [-0.4, -0.2) is 75.9 Å². The molecule has 1 aliphatic heterocycles. The molecular weight excluding hydrogens is 310 g/mol. The number of hydrogen-bond acceptors (Lipinski definition) is 4. The highest BCUT2D eigenvalue weighted by Crippen LogP contribution is 2.17. The second kappa shape index (κ2) is 6.88. The number of carbonyl (C=O) groups excluding carboxylic acids is 2. The maximum Gasteiger partial charge on any atom is 0.259 e. The lowest BCUT2D eigenvalue weighted by molar-refractivity contribution is -0.136. The molecule has 24 heavy (non-hydrogen) atoms. The van der Waals surface area contributed by atoms with E-state index >= 15 is 0 Å². The van der Waals surface area contributed by atoms with Gasteiger partial charge in [0.05, 0.1) is 6.20 Å². The van der Waals surface area contributed by atoms with Gasteiger partial charge in [0.2, 0.25) is 5.91 Å². The van der Waals surface area contributed by atoms with Gasteiger partial charge in [0.25, 0.3) is 5.91 Å². The average Bonchev–Trinajstić information content (AvgIpc) is 3.23. The van der Waals surface area contributed by atoms with E-state index in [1.807, 2.05) is 36.1 Å². The van der Waals surface area contributed by atoms with E-state index < -0.39 is 0 Å². The van der Waals surface area contributed by atoms with Crippen molar-refractivity contribution in [3.8, 4) is 5.82 Å². The molecule has 128 valence electrons. The van der Waals surface area contributed by atoms with Crippen LogP contribution in [0.1, 0.15) is 10.4 Å². The lowest BCUT2D eigenvalue weighted by atomic mass is 10.2. The molecule has 0 radical (unpaired) electrons. The lowest BCUT2D eigenvalue weighted by Gasteiger charge is -2.34. The van der Waals surface area contributed by atoms with Crippen LogP contribution in [0.4, 0.5) is 0 Å². The average molecular weight is 331 g/mol. The van der Waals surface area contributed by atoms with Gasteiger partial charge in [-0.25, -0.2) is 0 Å². The first-order chi connectivity index (χ1) is 11.6. The molecule has 0 aliphatic carbocycles. The highest BCUT2D eigenvalue weighted by Gasteiger charge is 2.27. The first-order valence-electron chi connectivity index (χ1n) is 7.83. The zero-order valence-corrected chi connectivity index (χ0v) is 13.9. The van der Waals surface area contributed by atoms with E-state index in [0.29, 0.717) is 31.7 Å². The van der Waals surface area contributed by atoms with Crippen LogP contribution in [0.5, 0.6) is 0 Å². The number of aryl methyl sites for hydroxylation is 1. The van der Waals surface area contributed by atoms with Gasteiger partial charge in [-0.1, -0.05) is 0 Å². The van der Waals surface area contributed by atoms with Crippen LogP contribution in [0.3, 0.4) is 0 Å². The lowest BCUT2D eigenvalue weighted by Crippen LogP contribution is -2.51. The Labute approximate surface area is 140 Å². The monoisotopic (exact) mass is 331 g/mol. The number of hydrogen-bond donors (Lipinski definition) is 0. The van der Waals surface area contributed by atoms with Gasteiger partial charge in [-0.2, -0.15) is 5.10 Å². The van der Waals surface area contributed by atoms with E-state index in [1.165, 1.54) is 7.11 Å². The van der Waals surface area contributed by atoms with E-state index in [2.05, 4.69) is 5.10 Å². The van der Waals surface area contributed by atoms with Gasteiger partial charge >= 0.3 is 0 Å². The molecule has 0 spiro atoms. The first-order valence-corrected chi connectivity index (χ1v) is 7.83. The Morgan fingerprint density at radius 3 is 2.38 bits per heavy atom. The zero-order chi connectivity index (χ0) is 17.1. The van der Waals surface area contributed by atoms with Gasteiger partial charge < -0.3 is 19.1 Å². The molecule has 1 aliphatic rings. The van der Waals surface area contributed by atoms with E-state index in [1.54, 1.807) is 20.7 Å². The number of ether oxygens (including phenoxy) is 1. The molecule has 8 heteroatoms. The third kappa shape index (κ3) is 3.05. The van der Waals surface area contributed by atoms with Gasteiger partial charge in [0.15, 0.2) is 0 Å². The molecule has 0 aromatic carbocycles. The van der Waals surface area contributed by atoms with E-state index in [-0.39, 0.29) is 18.4 Å². The molecule has 1 saturated heterocycles. The van der Waals surface area contributed by atoms with Crippen LogP contribution in [0.2, 0.25) is 0 Å². The van der Waals surface area contributed by atoms with Crippen LogP contribution in [0.15, 0.2) is 30.7 Å². The van der Waals surface area contributed by atoms with Crippen molar-refractivity contribution in [2.75, 3.05) is 39.9 Å². The summed E-state index contributed by atoms with van der Waals surface area (Å²) in [6.07, 6.45) is 5.37. The Balaban J connectivity index is 1.72. The molecule has 1 fully saturated rings. The molecule has 0 bridgehead atoms. The van der Waals surface area contributed by atoms with Crippen LogP contribution in [0, 0.1) is 0 Å². The summed E-state index contributed by atoms with van der Waals surface area (Å²) in [5, 5.41) is 4.22. The molecule has 8 nitrogen and oxygen atoms in total. The van der Waals surface area contributed by atoms with Gasteiger partial charge in [-0.15, -0.1) is 0 Å². The van der Waals surface area contributed by atoms with Crippen LogP contribution < -0.4 is 0 Å². The zero-order valence-electron chi connectivity index (χ0n) is 13.9. The van der Waals surface area contributed by atoms with Crippen molar-refractivity contribution in [1.29, 1.82) is 0 Å². The fraction of sp³-hybridized carbons (Fsp3) is 0.438. The van der Waals surface area contributed by atoms with Gasteiger partial charge in [-0.05, 0) is 12.1 Å². The van der Waals surface area contributed by atoms with Crippen molar-refractivity contribution in [2.45, 2.75) is 0 Å². The molecule has 0 unspecified atom stereocenters. The topological polar surface area (TPSA) is 72.6 Å². The van der Waals surface area contributed by atoms with Crippen molar-refractivity contribution < 1.29 is 14.3 Å². The van der Waals surface area contributed by atoms with Crippen molar-refractivity contribution in [1.82, 2.24) is 24.1 Å². The largest absolute Gasteiger partial charge is 0.375 e. The van der Waals surface area contributed by atoms with Crippen molar-refractivity contribution in [3.63, 3.8) is 0 Å². The second-order valence-electron chi connectivity index (χ2n) is 5.70. The summed E-state index contributed by atoms with van der Waals surface area (Å²) >= 11 is 0. The maximum atomic E-state index is 12.9. The maximum absolute atomic E-state index is 12.9. The summed E-state index contributed by atoms with van der Waals surface area (Å²) in [5.41, 5.74) is 0.561. The number of aromatic nitrogens is 3. The molecule has 2 amide bonds. The fourth-order valence-corrected chi connectivity index (χ4v) is 2.91. The summed E-state index contributed by atoms with van der Waals surface area (Å²) < 4.78 is 8.43. The minimum Gasteiger partial charge on any atom is -0.375 e. The highest BCUT2D eigenvalue weighted by atomic mass is 16.5. The number of carbonyl (C=O) groups is 2. The minimum absolute atomic E-state index is 0.0426. The Morgan fingerprint density at radius 2 is 1.75 bits per heavy atom. The quantitative estimate of drug-likeness (QED) is 0.799.